The Kier molecular flexibility index (Phi) is 8.43. The third-order valence-electron chi connectivity index (χ3n) is 5.76. The zero-order valence-electron chi connectivity index (χ0n) is 17.9. The summed E-state index contributed by atoms with van der Waals surface area (Å²) in [6.45, 7) is 5.06. The highest BCUT2D eigenvalue weighted by atomic mass is 35.5. The number of halogens is 2. The van der Waals surface area contributed by atoms with E-state index in [-0.39, 0.29) is 30.3 Å². The van der Waals surface area contributed by atoms with Crippen LogP contribution in [0.15, 0.2) is 18.2 Å². The fourth-order valence-electron chi connectivity index (χ4n) is 4.21. The van der Waals surface area contributed by atoms with Crippen LogP contribution in [0.3, 0.4) is 0 Å². The Bertz CT molecular complexity index is 814. The minimum absolute atomic E-state index is 0.0328. The highest BCUT2D eigenvalue weighted by Crippen LogP contribution is 2.26. The van der Waals surface area contributed by atoms with Crippen molar-refractivity contribution in [2.24, 2.45) is 5.92 Å². The monoisotopic (exact) mass is 468 g/mol. The second-order valence-electron chi connectivity index (χ2n) is 8.19. The molecule has 2 aliphatic heterocycles. The largest absolute Gasteiger partial charge is 0.333 e. The molecule has 1 N–H and O–H groups in total. The maximum atomic E-state index is 13.2. The van der Waals surface area contributed by atoms with Crippen molar-refractivity contribution < 1.29 is 14.4 Å². The molecule has 1 unspecified atom stereocenters. The number of nitrogens with one attached hydrogen (secondary N) is 1. The van der Waals surface area contributed by atoms with Crippen LogP contribution in [0.4, 0.5) is 10.5 Å². The first-order valence-electron chi connectivity index (χ1n) is 11.0. The number of amides is 4. The molecule has 3 rings (SSSR count). The lowest BCUT2D eigenvalue weighted by molar-refractivity contribution is -0.139. The van der Waals surface area contributed by atoms with Crippen LogP contribution in [-0.2, 0) is 9.59 Å². The number of anilines is 1. The quantitative estimate of drug-likeness (QED) is 0.682. The molecule has 31 heavy (non-hydrogen) atoms. The molecule has 0 bridgehead atoms. The standard InChI is InChI=1S/C22H30Cl2N4O3/c1-2-9-27(15-20(29)25-19-13-17(23)7-8-18(19)24)21(30)16-6-5-12-28(14-16)22(31)26-10-3-4-11-26/h7-8,13,16H,2-6,9-12,14-15H2,1H3,(H,25,29). The van der Waals surface area contributed by atoms with E-state index < -0.39 is 0 Å². The van der Waals surface area contributed by atoms with E-state index in [1.165, 1.54) is 0 Å². The molecule has 2 aliphatic rings. The van der Waals surface area contributed by atoms with Gasteiger partial charge in [0, 0.05) is 37.7 Å². The van der Waals surface area contributed by atoms with Crippen LogP contribution in [0.1, 0.15) is 39.0 Å². The topological polar surface area (TPSA) is 73.0 Å². The summed E-state index contributed by atoms with van der Waals surface area (Å²) in [5.74, 6) is -0.686. The van der Waals surface area contributed by atoms with Crippen LogP contribution in [0.5, 0.6) is 0 Å². The molecule has 2 fully saturated rings. The number of benzene rings is 1. The Morgan fingerprint density at radius 2 is 1.81 bits per heavy atom. The molecule has 0 aliphatic carbocycles. The van der Waals surface area contributed by atoms with Crippen molar-refractivity contribution in [3.63, 3.8) is 0 Å². The summed E-state index contributed by atoms with van der Waals surface area (Å²) in [6, 6.07) is 4.87. The minimum Gasteiger partial charge on any atom is -0.333 e. The van der Waals surface area contributed by atoms with E-state index in [1.54, 1.807) is 28.0 Å². The van der Waals surface area contributed by atoms with Crippen LogP contribution >= 0.6 is 23.2 Å². The third kappa shape index (κ3) is 6.26. The van der Waals surface area contributed by atoms with Crippen LogP contribution in [-0.4, -0.2) is 71.8 Å². The van der Waals surface area contributed by atoms with E-state index in [0.717, 1.165) is 45.2 Å². The Hall–Kier alpha value is -1.99. The molecule has 170 valence electrons. The molecule has 0 saturated carbocycles. The first-order valence-corrected chi connectivity index (χ1v) is 11.7. The molecule has 1 aromatic carbocycles. The van der Waals surface area contributed by atoms with Crippen molar-refractivity contribution in [2.75, 3.05) is 44.6 Å². The van der Waals surface area contributed by atoms with Crippen LogP contribution < -0.4 is 5.32 Å². The summed E-state index contributed by atoms with van der Waals surface area (Å²) in [7, 11) is 0. The summed E-state index contributed by atoms with van der Waals surface area (Å²) in [5.41, 5.74) is 0.420. The van der Waals surface area contributed by atoms with Gasteiger partial charge in [0.2, 0.25) is 11.8 Å². The van der Waals surface area contributed by atoms with Crippen molar-refractivity contribution in [2.45, 2.75) is 39.0 Å². The molecule has 9 heteroatoms. The van der Waals surface area contributed by atoms with Gasteiger partial charge in [0.25, 0.3) is 0 Å². The van der Waals surface area contributed by atoms with Crippen molar-refractivity contribution >= 4 is 46.7 Å². The Morgan fingerprint density at radius 3 is 2.52 bits per heavy atom. The second kappa shape index (κ2) is 11.0. The average Bonchev–Trinajstić information content (AvgIpc) is 3.30. The molecule has 2 heterocycles. The van der Waals surface area contributed by atoms with Gasteiger partial charge in [0.1, 0.15) is 0 Å². The molecule has 0 radical (unpaired) electrons. The fourth-order valence-corrected chi connectivity index (χ4v) is 4.55. The Labute approximate surface area is 193 Å². The van der Waals surface area contributed by atoms with E-state index >= 15 is 0 Å². The zero-order chi connectivity index (χ0) is 22.4. The summed E-state index contributed by atoms with van der Waals surface area (Å²) in [5, 5.41) is 3.59. The van der Waals surface area contributed by atoms with Gasteiger partial charge in [0.15, 0.2) is 0 Å². The molecule has 0 aromatic heterocycles. The van der Waals surface area contributed by atoms with Crippen molar-refractivity contribution in [3.8, 4) is 0 Å². The van der Waals surface area contributed by atoms with Gasteiger partial charge in [-0.2, -0.15) is 0 Å². The lowest BCUT2D eigenvalue weighted by Crippen LogP contribution is -2.51. The number of carbonyl (C=O) groups is 3. The van der Waals surface area contributed by atoms with E-state index in [4.69, 9.17) is 23.2 Å². The Morgan fingerprint density at radius 1 is 1.10 bits per heavy atom. The number of nitrogens with zero attached hydrogens (tertiary/aromatic N) is 3. The Balaban J connectivity index is 1.61. The maximum Gasteiger partial charge on any atom is 0.320 e. The van der Waals surface area contributed by atoms with Crippen molar-refractivity contribution in [3.05, 3.63) is 28.2 Å². The van der Waals surface area contributed by atoms with Crippen LogP contribution in [0.25, 0.3) is 0 Å². The predicted octanol–water partition coefficient (Wildman–Crippen LogP) is 4.10. The average molecular weight is 469 g/mol. The van der Waals surface area contributed by atoms with E-state index in [0.29, 0.717) is 35.4 Å². The summed E-state index contributed by atoms with van der Waals surface area (Å²) in [4.78, 5) is 43.9. The van der Waals surface area contributed by atoms with Crippen LogP contribution in [0, 0.1) is 5.92 Å². The van der Waals surface area contributed by atoms with Gasteiger partial charge < -0.3 is 20.0 Å². The predicted molar refractivity (Wildman–Crippen MR) is 122 cm³/mol. The SMILES string of the molecule is CCCN(CC(=O)Nc1cc(Cl)ccc1Cl)C(=O)C1CCCN(C(=O)N2CCCC2)C1. The molecule has 7 nitrogen and oxygen atoms in total. The van der Waals surface area contributed by atoms with Gasteiger partial charge in [-0.25, -0.2) is 4.79 Å². The van der Waals surface area contributed by atoms with E-state index in [9.17, 15) is 14.4 Å². The number of rotatable bonds is 6. The summed E-state index contributed by atoms with van der Waals surface area (Å²) in [6.07, 6.45) is 4.33. The van der Waals surface area contributed by atoms with Crippen molar-refractivity contribution in [1.82, 2.24) is 14.7 Å². The molecular formula is C22H30Cl2N4O3. The van der Waals surface area contributed by atoms with Gasteiger partial charge >= 0.3 is 6.03 Å². The molecule has 1 aromatic rings. The maximum absolute atomic E-state index is 13.2. The van der Waals surface area contributed by atoms with Gasteiger partial charge in [-0.3, -0.25) is 9.59 Å². The lowest BCUT2D eigenvalue weighted by atomic mass is 9.96. The fraction of sp³-hybridized carbons (Fsp3) is 0.591. The number of urea groups is 1. The van der Waals surface area contributed by atoms with E-state index in [2.05, 4.69) is 5.32 Å². The molecule has 2 saturated heterocycles. The normalized spacial score (nSPS) is 18.7. The molecule has 0 spiro atoms. The lowest BCUT2D eigenvalue weighted by Gasteiger charge is -2.36. The molecular weight excluding hydrogens is 439 g/mol. The van der Waals surface area contributed by atoms with Gasteiger partial charge in [-0.05, 0) is 50.3 Å². The summed E-state index contributed by atoms with van der Waals surface area (Å²) < 4.78 is 0. The highest BCUT2D eigenvalue weighted by Gasteiger charge is 2.33. The van der Waals surface area contributed by atoms with Gasteiger partial charge in [0.05, 0.1) is 23.2 Å². The van der Waals surface area contributed by atoms with Crippen LogP contribution in [0.2, 0.25) is 10.0 Å². The first kappa shape index (κ1) is 23.7. The first-order chi connectivity index (χ1) is 14.9. The number of carbonyl (C=O) groups excluding carboxylic acids is 3. The number of likely N-dealkylation sites (tertiary alicyclic amines) is 2. The number of piperidine rings is 1. The highest BCUT2D eigenvalue weighted by molar-refractivity contribution is 6.35. The zero-order valence-corrected chi connectivity index (χ0v) is 19.4. The minimum atomic E-state index is -0.327. The molecule has 4 amide bonds. The summed E-state index contributed by atoms with van der Waals surface area (Å²) >= 11 is 12.1. The number of hydrogen-bond acceptors (Lipinski definition) is 3. The van der Waals surface area contributed by atoms with Gasteiger partial charge in [-0.1, -0.05) is 30.1 Å². The van der Waals surface area contributed by atoms with Gasteiger partial charge in [-0.15, -0.1) is 0 Å². The van der Waals surface area contributed by atoms with Crippen molar-refractivity contribution in [1.29, 1.82) is 0 Å². The number of hydrogen-bond donors (Lipinski definition) is 1. The van der Waals surface area contributed by atoms with E-state index in [1.807, 2.05) is 11.8 Å². The molecule has 1 atom stereocenters. The smallest absolute Gasteiger partial charge is 0.320 e. The third-order valence-corrected chi connectivity index (χ3v) is 6.32. The second-order valence-corrected chi connectivity index (χ2v) is 9.04.